The molecule has 0 saturated heterocycles. The maximum atomic E-state index is 10.4. The van der Waals surface area contributed by atoms with Crippen molar-refractivity contribution in [2.45, 2.75) is 25.0 Å². The van der Waals surface area contributed by atoms with E-state index in [2.05, 4.69) is 6.07 Å². The van der Waals surface area contributed by atoms with E-state index in [1.807, 2.05) is 11.8 Å². The molecule has 0 fully saturated rings. The Morgan fingerprint density at radius 1 is 1.57 bits per heavy atom. The number of fused-ring (bicyclic) bond motifs is 1. The Labute approximate surface area is 91.3 Å². The third-order valence-corrected chi connectivity index (χ3v) is 4.57. The summed E-state index contributed by atoms with van der Waals surface area (Å²) in [5.74, 6) is 1.62. The largest absolute Gasteiger partial charge is 0.481 e. The van der Waals surface area contributed by atoms with Crippen LogP contribution in [0.2, 0.25) is 0 Å². The van der Waals surface area contributed by atoms with Gasteiger partial charge in [0, 0.05) is 15.5 Å². The molecule has 76 valence electrons. The van der Waals surface area contributed by atoms with E-state index in [0.29, 0.717) is 6.42 Å². The molecule has 0 radical (unpaired) electrons. The summed E-state index contributed by atoms with van der Waals surface area (Å²) in [5.41, 5.74) is 1.44. The molecule has 0 saturated carbocycles. The van der Waals surface area contributed by atoms with Crippen LogP contribution in [0.5, 0.6) is 0 Å². The van der Waals surface area contributed by atoms with Gasteiger partial charge in [-0.05, 0) is 30.2 Å². The number of hydrogen-bond donors (Lipinski definition) is 1. The van der Waals surface area contributed by atoms with E-state index in [4.69, 9.17) is 5.11 Å². The predicted octanol–water partition coefficient (Wildman–Crippen LogP) is 2.55. The summed E-state index contributed by atoms with van der Waals surface area (Å²) in [6, 6.07) is 2.19. The molecule has 1 aliphatic rings. The van der Waals surface area contributed by atoms with Gasteiger partial charge in [-0.3, -0.25) is 4.79 Å². The summed E-state index contributed by atoms with van der Waals surface area (Å²) in [7, 11) is 0. The first kappa shape index (κ1) is 10.1. The van der Waals surface area contributed by atoms with E-state index < -0.39 is 5.97 Å². The lowest BCUT2D eigenvalue weighted by Crippen LogP contribution is -1.96. The van der Waals surface area contributed by atoms with E-state index in [0.717, 1.165) is 12.2 Å². The monoisotopic (exact) mass is 228 g/mol. The maximum Gasteiger partial charge on any atom is 0.303 e. The van der Waals surface area contributed by atoms with Crippen molar-refractivity contribution < 1.29 is 9.90 Å². The van der Waals surface area contributed by atoms with Crippen molar-refractivity contribution in [2.75, 3.05) is 5.75 Å². The van der Waals surface area contributed by atoms with Gasteiger partial charge in [0.1, 0.15) is 0 Å². The smallest absolute Gasteiger partial charge is 0.303 e. The molecule has 1 N–H and O–H groups in total. The normalized spacial score (nSPS) is 15.1. The van der Waals surface area contributed by atoms with Gasteiger partial charge >= 0.3 is 5.97 Å². The molecule has 1 aromatic rings. The molecular formula is C10H12O2S2. The van der Waals surface area contributed by atoms with Crippen molar-refractivity contribution in [3.05, 3.63) is 21.4 Å². The number of carbonyl (C=O) groups is 1. The summed E-state index contributed by atoms with van der Waals surface area (Å²) in [6.45, 7) is 0. The van der Waals surface area contributed by atoms with Crippen molar-refractivity contribution in [2.24, 2.45) is 0 Å². The standard InChI is InChI=1S/C10H12O2S2/c11-10(12)2-1-8-5-7-6-13-4-3-9(7)14-8/h5H,1-4,6H2,(H,11,12). The minimum absolute atomic E-state index is 0.256. The van der Waals surface area contributed by atoms with Crippen LogP contribution in [-0.2, 0) is 23.4 Å². The molecule has 0 aromatic carbocycles. The number of aryl methyl sites for hydroxylation is 2. The SMILES string of the molecule is O=C(O)CCc1cc2c(s1)CCSC2. The van der Waals surface area contributed by atoms with Crippen LogP contribution < -0.4 is 0 Å². The van der Waals surface area contributed by atoms with Crippen LogP contribution in [0.1, 0.15) is 21.7 Å². The van der Waals surface area contributed by atoms with E-state index in [1.54, 1.807) is 11.3 Å². The summed E-state index contributed by atoms with van der Waals surface area (Å²) in [5, 5.41) is 8.58. The fourth-order valence-corrected chi connectivity index (χ4v) is 3.94. The van der Waals surface area contributed by atoms with Crippen molar-refractivity contribution in [3.63, 3.8) is 0 Å². The van der Waals surface area contributed by atoms with E-state index >= 15 is 0 Å². The second kappa shape index (κ2) is 4.36. The highest BCUT2D eigenvalue weighted by molar-refractivity contribution is 7.98. The second-order valence-corrected chi connectivity index (χ2v) is 5.68. The number of thiophene rings is 1. The topological polar surface area (TPSA) is 37.3 Å². The first-order valence-corrected chi connectivity index (χ1v) is 6.63. The second-order valence-electron chi connectivity index (χ2n) is 3.36. The lowest BCUT2D eigenvalue weighted by molar-refractivity contribution is -0.136. The fourth-order valence-electron chi connectivity index (χ4n) is 1.56. The molecule has 1 aromatic heterocycles. The Morgan fingerprint density at radius 2 is 2.43 bits per heavy atom. The van der Waals surface area contributed by atoms with Gasteiger partial charge < -0.3 is 5.11 Å². The average Bonchev–Trinajstić information content (AvgIpc) is 2.57. The molecule has 4 heteroatoms. The van der Waals surface area contributed by atoms with Crippen molar-refractivity contribution in [1.29, 1.82) is 0 Å². The Kier molecular flexibility index (Phi) is 3.13. The van der Waals surface area contributed by atoms with Crippen molar-refractivity contribution >= 4 is 29.1 Å². The van der Waals surface area contributed by atoms with E-state index in [1.165, 1.54) is 21.1 Å². The lowest BCUT2D eigenvalue weighted by atomic mass is 10.2. The minimum atomic E-state index is -0.703. The maximum absolute atomic E-state index is 10.4. The molecule has 14 heavy (non-hydrogen) atoms. The van der Waals surface area contributed by atoms with Gasteiger partial charge in [-0.15, -0.1) is 11.3 Å². The molecule has 1 aliphatic heterocycles. The third kappa shape index (κ3) is 2.30. The Bertz CT molecular complexity index is 320. The molecule has 0 spiro atoms. The lowest BCUT2D eigenvalue weighted by Gasteiger charge is -2.08. The molecule has 0 bridgehead atoms. The first-order chi connectivity index (χ1) is 6.75. The van der Waals surface area contributed by atoms with E-state index in [-0.39, 0.29) is 6.42 Å². The minimum Gasteiger partial charge on any atom is -0.481 e. The van der Waals surface area contributed by atoms with E-state index in [9.17, 15) is 4.79 Å². The van der Waals surface area contributed by atoms with Crippen LogP contribution >= 0.6 is 23.1 Å². The quantitative estimate of drug-likeness (QED) is 0.864. The molecule has 2 nitrogen and oxygen atoms in total. The van der Waals surface area contributed by atoms with Gasteiger partial charge in [0.25, 0.3) is 0 Å². The zero-order chi connectivity index (χ0) is 9.97. The average molecular weight is 228 g/mol. The summed E-state index contributed by atoms with van der Waals surface area (Å²) >= 11 is 3.77. The highest BCUT2D eigenvalue weighted by atomic mass is 32.2. The first-order valence-electron chi connectivity index (χ1n) is 4.65. The van der Waals surface area contributed by atoms with Gasteiger partial charge in [-0.2, -0.15) is 11.8 Å². The van der Waals surface area contributed by atoms with Crippen LogP contribution in [-0.4, -0.2) is 16.8 Å². The summed E-state index contributed by atoms with van der Waals surface area (Å²) in [6.07, 6.45) is 2.11. The van der Waals surface area contributed by atoms with Gasteiger partial charge in [-0.1, -0.05) is 0 Å². The van der Waals surface area contributed by atoms with Gasteiger partial charge in [-0.25, -0.2) is 0 Å². The number of carboxylic acids is 1. The Morgan fingerprint density at radius 3 is 3.14 bits per heavy atom. The number of hydrogen-bond acceptors (Lipinski definition) is 3. The Hall–Kier alpha value is -0.480. The molecule has 0 unspecified atom stereocenters. The highest BCUT2D eigenvalue weighted by Crippen LogP contribution is 2.32. The van der Waals surface area contributed by atoms with Gasteiger partial charge in [0.05, 0.1) is 6.42 Å². The van der Waals surface area contributed by atoms with Crippen LogP contribution in [0.25, 0.3) is 0 Å². The number of thioether (sulfide) groups is 1. The molecule has 2 heterocycles. The third-order valence-electron chi connectivity index (χ3n) is 2.26. The van der Waals surface area contributed by atoms with Crippen LogP contribution in [0, 0.1) is 0 Å². The molecule has 0 aliphatic carbocycles. The molecule has 2 rings (SSSR count). The highest BCUT2D eigenvalue weighted by Gasteiger charge is 2.13. The Balaban J connectivity index is 2.04. The summed E-state index contributed by atoms with van der Waals surface area (Å²) in [4.78, 5) is 13.1. The van der Waals surface area contributed by atoms with Crippen LogP contribution in [0.4, 0.5) is 0 Å². The fraction of sp³-hybridized carbons (Fsp3) is 0.500. The number of aliphatic carboxylic acids is 1. The zero-order valence-corrected chi connectivity index (χ0v) is 9.42. The van der Waals surface area contributed by atoms with Crippen LogP contribution in [0.3, 0.4) is 0 Å². The molecule has 0 amide bonds. The van der Waals surface area contributed by atoms with Gasteiger partial charge in [0.2, 0.25) is 0 Å². The van der Waals surface area contributed by atoms with Crippen molar-refractivity contribution in [3.8, 4) is 0 Å². The predicted molar refractivity (Wildman–Crippen MR) is 60.1 cm³/mol. The van der Waals surface area contributed by atoms with Crippen molar-refractivity contribution in [1.82, 2.24) is 0 Å². The molecular weight excluding hydrogens is 216 g/mol. The zero-order valence-electron chi connectivity index (χ0n) is 7.78. The summed E-state index contributed by atoms with van der Waals surface area (Å²) < 4.78 is 0. The van der Waals surface area contributed by atoms with Gasteiger partial charge in [0.15, 0.2) is 0 Å². The number of rotatable bonds is 3. The van der Waals surface area contributed by atoms with Crippen LogP contribution in [0.15, 0.2) is 6.07 Å². The molecule has 0 atom stereocenters. The number of carboxylic acid groups (broad SMARTS) is 1.